The molecule has 2 heterocycles. The smallest absolute Gasteiger partial charge is 0.272 e. The van der Waals surface area contributed by atoms with Gasteiger partial charge in [0.05, 0.1) is 5.69 Å². The minimum Gasteiger partial charge on any atom is -0.354 e. The number of nitrogens with one attached hydrogen (secondary N) is 1. The Bertz CT molecular complexity index is 696. The zero-order valence-electron chi connectivity index (χ0n) is 13.1. The second-order valence-electron chi connectivity index (χ2n) is 6.01. The van der Waals surface area contributed by atoms with Gasteiger partial charge in [0, 0.05) is 29.4 Å². The fourth-order valence-corrected chi connectivity index (χ4v) is 3.10. The molecule has 0 radical (unpaired) electrons. The summed E-state index contributed by atoms with van der Waals surface area (Å²) < 4.78 is 0.981. The Kier molecular flexibility index (Phi) is 4.96. The first kappa shape index (κ1) is 16.0. The molecule has 1 fully saturated rings. The number of hydrogen-bond acceptors (Lipinski definition) is 3. The molecular formula is C18H20BrN3O. The number of nitrogens with zero attached hydrogens (tertiary/aromatic N) is 2. The van der Waals surface area contributed by atoms with Gasteiger partial charge in [-0.25, -0.2) is 0 Å². The highest BCUT2D eigenvalue weighted by molar-refractivity contribution is 9.10. The number of hydrogen-bond donors (Lipinski definition) is 1. The highest BCUT2D eigenvalue weighted by atomic mass is 79.9. The Hall–Kier alpha value is -1.88. The number of halogens is 1. The highest BCUT2D eigenvalue weighted by Crippen LogP contribution is 2.25. The minimum absolute atomic E-state index is 0.0210. The van der Waals surface area contributed by atoms with Crippen LogP contribution in [0.2, 0.25) is 0 Å². The summed E-state index contributed by atoms with van der Waals surface area (Å²) in [6.45, 7) is 3.88. The maximum atomic E-state index is 12.6. The second-order valence-corrected chi connectivity index (χ2v) is 6.86. The lowest BCUT2D eigenvalue weighted by molar-refractivity contribution is 0.0691. The first-order chi connectivity index (χ1) is 11.1. The molecule has 0 spiro atoms. The summed E-state index contributed by atoms with van der Waals surface area (Å²) >= 11 is 3.52. The van der Waals surface area contributed by atoms with Crippen molar-refractivity contribution in [3.05, 3.63) is 52.8 Å². The second kappa shape index (κ2) is 7.13. The van der Waals surface area contributed by atoms with Crippen LogP contribution in [0, 0.1) is 5.92 Å². The Morgan fingerprint density at radius 2 is 2.00 bits per heavy atom. The predicted molar refractivity (Wildman–Crippen MR) is 96.0 cm³/mol. The van der Waals surface area contributed by atoms with E-state index >= 15 is 0 Å². The molecule has 1 aliphatic rings. The third-order valence-corrected chi connectivity index (χ3v) is 4.89. The lowest BCUT2D eigenvalue weighted by Crippen LogP contribution is -2.38. The molecule has 2 aromatic rings. The molecule has 1 aliphatic heterocycles. The Labute approximate surface area is 145 Å². The van der Waals surface area contributed by atoms with E-state index in [0.717, 1.165) is 41.8 Å². The molecule has 120 valence electrons. The van der Waals surface area contributed by atoms with Crippen molar-refractivity contribution < 1.29 is 4.79 Å². The van der Waals surface area contributed by atoms with Gasteiger partial charge >= 0.3 is 0 Å². The van der Waals surface area contributed by atoms with Gasteiger partial charge in [0.1, 0.15) is 5.69 Å². The van der Waals surface area contributed by atoms with E-state index in [9.17, 15) is 4.79 Å². The van der Waals surface area contributed by atoms with Crippen LogP contribution in [-0.4, -0.2) is 28.9 Å². The van der Waals surface area contributed by atoms with Crippen LogP contribution in [0.25, 0.3) is 0 Å². The third-order valence-electron chi connectivity index (χ3n) is 4.20. The van der Waals surface area contributed by atoms with E-state index < -0.39 is 0 Å². The van der Waals surface area contributed by atoms with Crippen molar-refractivity contribution >= 4 is 33.2 Å². The van der Waals surface area contributed by atoms with E-state index in [1.165, 1.54) is 0 Å². The Morgan fingerprint density at radius 1 is 1.26 bits per heavy atom. The average molecular weight is 374 g/mol. The molecule has 4 nitrogen and oxygen atoms in total. The van der Waals surface area contributed by atoms with E-state index in [2.05, 4.69) is 33.2 Å². The summed E-state index contributed by atoms with van der Waals surface area (Å²) in [6, 6.07) is 11.6. The Morgan fingerprint density at radius 3 is 2.74 bits per heavy atom. The lowest BCUT2D eigenvalue weighted by Gasteiger charge is -2.30. The zero-order chi connectivity index (χ0) is 16.2. The number of carbonyl (C=O) groups is 1. The number of anilines is 2. The lowest BCUT2D eigenvalue weighted by atomic mass is 9.99. The number of carbonyl (C=O) groups excluding carboxylic acids is 1. The van der Waals surface area contributed by atoms with Crippen molar-refractivity contribution in [3.8, 4) is 0 Å². The molecule has 0 unspecified atom stereocenters. The first-order valence-electron chi connectivity index (χ1n) is 7.90. The zero-order valence-corrected chi connectivity index (χ0v) is 14.7. The van der Waals surface area contributed by atoms with Gasteiger partial charge in [-0.1, -0.05) is 19.1 Å². The molecule has 0 aliphatic carbocycles. The number of likely N-dealkylation sites (tertiary alicyclic amines) is 1. The van der Waals surface area contributed by atoms with Crippen molar-refractivity contribution in [2.75, 3.05) is 18.4 Å². The van der Waals surface area contributed by atoms with Crippen molar-refractivity contribution in [2.24, 2.45) is 5.92 Å². The molecule has 0 bridgehead atoms. The fraction of sp³-hybridized carbons (Fsp3) is 0.333. The molecule has 1 saturated heterocycles. The predicted octanol–water partition coefficient (Wildman–Crippen LogP) is 4.46. The van der Waals surface area contributed by atoms with Gasteiger partial charge in [-0.05, 0) is 59.0 Å². The summed E-state index contributed by atoms with van der Waals surface area (Å²) in [7, 11) is 0. The van der Waals surface area contributed by atoms with Gasteiger partial charge in [-0.15, -0.1) is 0 Å². The summed E-state index contributed by atoms with van der Waals surface area (Å²) in [4.78, 5) is 18.8. The molecule has 0 saturated carbocycles. The van der Waals surface area contributed by atoms with Crippen LogP contribution >= 0.6 is 15.9 Å². The molecule has 5 heteroatoms. The van der Waals surface area contributed by atoms with E-state index in [1.54, 1.807) is 6.20 Å². The summed E-state index contributed by atoms with van der Waals surface area (Å²) in [5, 5.41) is 3.32. The maximum absolute atomic E-state index is 12.6. The summed E-state index contributed by atoms with van der Waals surface area (Å²) in [6.07, 6.45) is 3.82. The largest absolute Gasteiger partial charge is 0.354 e. The Balaban J connectivity index is 1.75. The molecule has 3 rings (SSSR count). The standard InChI is InChI=1S/C18H20BrN3O/c1-13-7-10-22(11-8-13)18(23)17-12-14(6-9-20-17)21-16-5-3-2-4-15(16)19/h2-6,9,12-13H,7-8,10-11H2,1H3,(H,20,21). The monoisotopic (exact) mass is 373 g/mol. The highest BCUT2D eigenvalue weighted by Gasteiger charge is 2.22. The fourth-order valence-electron chi connectivity index (χ4n) is 2.72. The van der Waals surface area contributed by atoms with Crippen LogP contribution < -0.4 is 5.32 Å². The normalized spacial score (nSPS) is 15.5. The number of aromatic nitrogens is 1. The average Bonchev–Trinajstić information content (AvgIpc) is 2.57. The third kappa shape index (κ3) is 3.91. The summed E-state index contributed by atoms with van der Waals surface area (Å²) in [5.74, 6) is 0.725. The van der Waals surface area contributed by atoms with E-state index in [-0.39, 0.29) is 5.91 Å². The molecule has 0 atom stereocenters. The van der Waals surface area contributed by atoms with Crippen molar-refractivity contribution in [3.63, 3.8) is 0 Å². The molecule has 1 aromatic carbocycles. The van der Waals surface area contributed by atoms with Gasteiger partial charge in [-0.3, -0.25) is 9.78 Å². The molecular weight excluding hydrogens is 354 g/mol. The number of rotatable bonds is 3. The van der Waals surface area contributed by atoms with Gasteiger partial charge in [0.2, 0.25) is 0 Å². The number of piperidine rings is 1. The molecule has 23 heavy (non-hydrogen) atoms. The van der Waals surface area contributed by atoms with E-state index in [0.29, 0.717) is 11.6 Å². The molecule has 1 N–H and O–H groups in total. The van der Waals surface area contributed by atoms with Crippen molar-refractivity contribution in [2.45, 2.75) is 19.8 Å². The SMILES string of the molecule is CC1CCN(C(=O)c2cc(Nc3ccccc3Br)ccn2)CC1. The van der Waals surface area contributed by atoms with E-state index in [4.69, 9.17) is 0 Å². The van der Waals surface area contributed by atoms with Crippen LogP contribution in [0.3, 0.4) is 0 Å². The number of para-hydroxylation sites is 1. The summed E-state index contributed by atoms with van der Waals surface area (Å²) in [5.41, 5.74) is 2.32. The van der Waals surface area contributed by atoms with Crippen LogP contribution in [-0.2, 0) is 0 Å². The molecule has 1 aromatic heterocycles. The van der Waals surface area contributed by atoms with Gasteiger partial charge in [0.15, 0.2) is 0 Å². The van der Waals surface area contributed by atoms with Crippen molar-refractivity contribution in [1.29, 1.82) is 0 Å². The van der Waals surface area contributed by atoms with Crippen LogP contribution in [0.1, 0.15) is 30.3 Å². The van der Waals surface area contributed by atoms with Crippen molar-refractivity contribution in [1.82, 2.24) is 9.88 Å². The van der Waals surface area contributed by atoms with Gasteiger partial charge in [0.25, 0.3) is 5.91 Å². The minimum atomic E-state index is 0.0210. The van der Waals surface area contributed by atoms with Gasteiger partial charge in [-0.2, -0.15) is 0 Å². The van der Waals surface area contributed by atoms with Crippen LogP contribution in [0.5, 0.6) is 0 Å². The number of benzene rings is 1. The topological polar surface area (TPSA) is 45.2 Å². The quantitative estimate of drug-likeness (QED) is 0.863. The number of pyridine rings is 1. The maximum Gasteiger partial charge on any atom is 0.272 e. The first-order valence-corrected chi connectivity index (χ1v) is 8.69. The van der Waals surface area contributed by atoms with Crippen LogP contribution in [0.4, 0.5) is 11.4 Å². The van der Waals surface area contributed by atoms with Crippen LogP contribution in [0.15, 0.2) is 47.1 Å². The van der Waals surface area contributed by atoms with Gasteiger partial charge < -0.3 is 10.2 Å². The van der Waals surface area contributed by atoms with E-state index in [1.807, 2.05) is 41.3 Å². The number of amides is 1. The molecule has 1 amide bonds.